The molecule has 0 aliphatic carbocycles. The van der Waals surface area contributed by atoms with E-state index in [-0.39, 0.29) is 22.3 Å². The van der Waals surface area contributed by atoms with Crippen LogP contribution in [0.4, 0.5) is 0 Å². The molecule has 24 heavy (non-hydrogen) atoms. The highest BCUT2D eigenvalue weighted by Crippen LogP contribution is 2.19. The number of sulfonamides is 1. The standard InChI is InChI=1S/C15H16N4O3S2/c1-9(2)18-24(21,22)11-4-5-13(16-8-11)19-15(20)14-12(6-7-23-14)10(3)17-19/h4-9,18H,1-3H3. The van der Waals surface area contributed by atoms with Gasteiger partial charge in [-0.2, -0.15) is 9.78 Å². The lowest BCUT2D eigenvalue weighted by atomic mass is 10.3. The van der Waals surface area contributed by atoms with Crippen LogP contribution in [0.3, 0.4) is 0 Å². The number of hydrogen-bond donors (Lipinski definition) is 1. The van der Waals surface area contributed by atoms with Gasteiger partial charge in [0.25, 0.3) is 5.56 Å². The molecule has 9 heteroatoms. The van der Waals surface area contributed by atoms with Crippen molar-refractivity contribution in [1.29, 1.82) is 0 Å². The van der Waals surface area contributed by atoms with Gasteiger partial charge in [0.15, 0.2) is 5.82 Å². The highest BCUT2D eigenvalue weighted by atomic mass is 32.2. The van der Waals surface area contributed by atoms with Gasteiger partial charge in [-0.15, -0.1) is 11.3 Å². The summed E-state index contributed by atoms with van der Waals surface area (Å²) in [6, 6.07) is 4.52. The average molecular weight is 364 g/mol. The van der Waals surface area contributed by atoms with E-state index in [9.17, 15) is 13.2 Å². The second kappa shape index (κ2) is 6.08. The average Bonchev–Trinajstić information content (AvgIpc) is 3.00. The molecule has 0 amide bonds. The van der Waals surface area contributed by atoms with Crippen LogP contribution in [0.25, 0.3) is 15.9 Å². The van der Waals surface area contributed by atoms with Crippen molar-refractivity contribution in [2.75, 3.05) is 0 Å². The normalized spacial score (nSPS) is 12.2. The summed E-state index contributed by atoms with van der Waals surface area (Å²) < 4.78 is 28.5. The first-order valence-corrected chi connectivity index (χ1v) is 9.62. The predicted molar refractivity (Wildman–Crippen MR) is 93.2 cm³/mol. The van der Waals surface area contributed by atoms with E-state index in [2.05, 4.69) is 14.8 Å². The molecule has 3 rings (SSSR count). The van der Waals surface area contributed by atoms with Gasteiger partial charge in [0.1, 0.15) is 9.60 Å². The van der Waals surface area contributed by atoms with E-state index in [1.165, 1.54) is 34.3 Å². The van der Waals surface area contributed by atoms with Crippen LogP contribution in [-0.2, 0) is 10.0 Å². The van der Waals surface area contributed by atoms with E-state index < -0.39 is 10.0 Å². The largest absolute Gasteiger partial charge is 0.290 e. The van der Waals surface area contributed by atoms with Crippen molar-refractivity contribution in [3.05, 3.63) is 45.8 Å². The Morgan fingerprint density at radius 2 is 2.00 bits per heavy atom. The number of rotatable bonds is 4. The maximum absolute atomic E-state index is 12.5. The lowest BCUT2D eigenvalue weighted by Crippen LogP contribution is -2.30. The van der Waals surface area contributed by atoms with Crippen molar-refractivity contribution < 1.29 is 8.42 Å². The fourth-order valence-corrected chi connectivity index (χ4v) is 4.36. The zero-order valence-electron chi connectivity index (χ0n) is 13.3. The third-order valence-electron chi connectivity index (χ3n) is 3.33. The van der Waals surface area contributed by atoms with Crippen molar-refractivity contribution in [3.63, 3.8) is 0 Å². The summed E-state index contributed by atoms with van der Waals surface area (Å²) >= 11 is 1.34. The van der Waals surface area contributed by atoms with E-state index in [1.807, 2.05) is 18.4 Å². The van der Waals surface area contributed by atoms with Gasteiger partial charge in [-0.3, -0.25) is 4.79 Å². The van der Waals surface area contributed by atoms with E-state index in [0.717, 1.165) is 5.39 Å². The zero-order chi connectivity index (χ0) is 17.5. The van der Waals surface area contributed by atoms with E-state index in [0.29, 0.717) is 10.4 Å². The highest BCUT2D eigenvalue weighted by Gasteiger charge is 2.17. The number of aromatic nitrogens is 3. The van der Waals surface area contributed by atoms with Gasteiger partial charge in [-0.25, -0.2) is 18.1 Å². The van der Waals surface area contributed by atoms with Crippen molar-refractivity contribution in [2.45, 2.75) is 31.7 Å². The molecule has 126 valence electrons. The number of pyridine rings is 1. The Morgan fingerprint density at radius 3 is 2.62 bits per heavy atom. The van der Waals surface area contributed by atoms with Crippen LogP contribution in [-0.4, -0.2) is 29.2 Å². The molecule has 0 aliphatic heterocycles. The van der Waals surface area contributed by atoms with Crippen molar-refractivity contribution in [1.82, 2.24) is 19.5 Å². The minimum atomic E-state index is -3.62. The fourth-order valence-electron chi connectivity index (χ4n) is 2.30. The first-order valence-electron chi connectivity index (χ1n) is 7.25. The monoisotopic (exact) mass is 364 g/mol. The number of aryl methyl sites for hydroxylation is 1. The number of thiophene rings is 1. The number of fused-ring (bicyclic) bond motifs is 1. The molecule has 0 bridgehead atoms. The molecule has 0 saturated carbocycles. The summed E-state index contributed by atoms with van der Waals surface area (Å²) in [5.41, 5.74) is 0.444. The third kappa shape index (κ3) is 2.97. The second-order valence-corrected chi connectivity index (χ2v) is 8.22. The van der Waals surface area contributed by atoms with Crippen LogP contribution in [0.2, 0.25) is 0 Å². The van der Waals surface area contributed by atoms with Gasteiger partial charge in [0.2, 0.25) is 10.0 Å². The second-order valence-electron chi connectivity index (χ2n) is 5.59. The number of hydrogen-bond acceptors (Lipinski definition) is 6. The van der Waals surface area contributed by atoms with Crippen LogP contribution >= 0.6 is 11.3 Å². The number of nitrogens with one attached hydrogen (secondary N) is 1. The summed E-state index contributed by atoms with van der Waals surface area (Å²) in [6.07, 6.45) is 1.22. The number of nitrogens with zero attached hydrogens (tertiary/aromatic N) is 3. The third-order valence-corrected chi connectivity index (χ3v) is 5.88. The SMILES string of the molecule is Cc1nn(-c2ccc(S(=O)(=O)NC(C)C)cn2)c(=O)c2sccc12. The molecular weight excluding hydrogens is 348 g/mol. The minimum Gasteiger partial charge on any atom is -0.266 e. The first-order chi connectivity index (χ1) is 11.3. The Kier molecular flexibility index (Phi) is 4.24. The summed E-state index contributed by atoms with van der Waals surface area (Å²) in [7, 11) is -3.62. The Balaban J connectivity index is 2.06. The van der Waals surface area contributed by atoms with Gasteiger partial charge in [0, 0.05) is 17.6 Å². The summed E-state index contributed by atoms with van der Waals surface area (Å²) in [5, 5.41) is 6.93. The van der Waals surface area contributed by atoms with Gasteiger partial charge in [-0.05, 0) is 44.4 Å². The van der Waals surface area contributed by atoms with Crippen LogP contribution in [0.1, 0.15) is 19.5 Å². The molecule has 0 spiro atoms. The van der Waals surface area contributed by atoms with Crippen molar-refractivity contribution in [2.24, 2.45) is 0 Å². The van der Waals surface area contributed by atoms with Crippen molar-refractivity contribution >= 4 is 31.4 Å². The predicted octanol–water partition coefficient (Wildman–Crippen LogP) is 1.84. The van der Waals surface area contributed by atoms with Gasteiger partial charge >= 0.3 is 0 Å². The van der Waals surface area contributed by atoms with Gasteiger partial charge in [0.05, 0.1) is 5.69 Å². The van der Waals surface area contributed by atoms with Gasteiger partial charge in [-0.1, -0.05) is 0 Å². The molecule has 1 N–H and O–H groups in total. The lowest BCUT2D eigenvalue weighted by Gasteiger charge is -2.10. The summed E-state index contributed by atoms with van der Waals surface area (Å²) in [6.45, 7) is 5.29. The Hall–Kier alpha value is -2.10. The molecule has 3 heterocycles. The molecule has 0 fully saturated rings. The van der Waals surface area contributed by atoms with Crippen LogP contribution < -0.4 is 10.3 Å². The Morgan fingerprint density at radius 1 is 1.25 bits per heavy atom. The van der Waals surface area contributed by atoms with Crippen LogP contribution in [0, 0.1) is 6.92 Å². The lowest BCUT2D eigenvalue weighted by molar-refractivity contribution is 0.569. The van der Waals surface area contributed by atoms with Crippen molar-refractivity contribution in [3.8, 4) is 5.82 Å². The molecule has 0 unspecified atom stereocenters. The Labute approximate surface area is 143 Å². The molecule has 7 nitrogen and oxygen atoms in total. The highest BCUT2D eigenvalue weighted by molar-refractivity contribution is 7.89. The van der Waals surface area contributed by atoms with E-state index in [4.69, 9.17) is 0 Å². The summed E-state index contributed by atoms with van der Waals surface area (Å²) in [5.74, 6) is 0.280. The minimum absolute atomic E-state index is 0.0434. The molecule has 0 aliphatic rings. The molecule has 0 radical (unpaired) electrons. The van der Waals surface area contributed by atoms with E-state index >= 15 is 0 Å². The molecule has 3 aromatic rings. The molecule has 3 aromatic heterocycles. The van der Waals surface area contributed by atoms with Crippen LogP contribution in [0.5, 0.6) is 0 Å². The zero-order valence-corrected chi connectivity index (χ0v) is 15.0. The maximum atomic E-state index is 12.5. The molecule has 0 atom stereocenters. The van der Waals surface area contributed by atoms with Gasteiger partial charge < -0.3 is 0 Å². The molecule has 0 aromatic carbocycles. The smallest absolute Gasteiger partial charge is 0.266 e. The molecular formula is C15H16N4O3S2. The topological polar surface area (TPSA) is 93.9 Å². The van der Waals surface area contributed by atoms with E-state index in [1.54, 1.807) is 13.8 Å². The first kappa shape index (κ1) is 16.7. The Bertz CT molecular complexity index is 1050. The fraction of sp³-hybridized carbons (Fsp3) is 0.267. The maximum Gasteiger partial charge on any atom is 0.290 e. The van der Waals surface area contributed by atoms with Crippen LogP contribution in [0.15, 0.2) is 39.5 Å². The molecule has 0 saturated heterocycles. The summed E-state index contributed by atoms with van der Waals surface area (Å²) in [4.78, 5) is 16.7. The quantitative estimate of drug-likeness (QED) is 0.762.